The summed E-state index contributed by atoms with van der Waals surface area (Å²) < 4.78 is 5.04. The van der Waals surface area contributed by atoms with Crippen LogP contribution in [0, 0.1) is 5.92 Å². The lowest BCUT2D eigenvalue weighted by Gasteiger charge is -2.15. The van der Waals surface area contributed by atoms with Gasteiger partial charge in [0.2, 0.25) is 0 Å². The second-order valence-electron chi connectivity index (χ2n) is 4.23. The van der Waals surface area contributed by atoms with Gasteiger partial charge in [0.05, 0.1) is 19.3 Å². The van der Waals surface area contributed by atoms with Crippen LogP contribution in [0.2, 0.25) is 0 Å². The van der Waals surface area contributed by atoms with Gasteiger partial charge >= 0.3 is 6.09 Å². The van der Waals surface area contributed by atoms with E-state index in [0.29, 0.717) is 12.5 Å². The molecule has 2 atom stereocenters. The highest BCUT2D eigenvalue weighted by molar-refractivity contribution is 5.67. The molecule has 0 aromatic rings. The summed E-state index contributed by atoms with van der Waals surface area (Å²) >= 11 is 0. The third kappa shape index (κ3) is 8.94. The van der Waals surface area contributed by atoms with E-state index in [9.17, 15) is 4.79 Å². The van der Waals surface area contributed by atoms with Crippen molar-refractivity contribution >= 4 is 6.09 Å². The van der Waals surface area contributed by atoms with Crippen LogP contribution in [-0.2, 0) is 4.74 Å². The lowest BCUT2D eigenvalue weighted by molar-refractivity contribution is 0.0848. The molecule has 0 saturated carbocycles. The Hall–Kier alpha value is -0.810. The van der Waals surface area contributed by atoms with Crippen molar-refractivity contribution in [1.29, 1.82) is 0 Å². The number of amides is 1. The molecule has 0 aliphatic heterocycles. The Balaban J connectivity index is 3.65. The monoisotopic (exact) mass is 247 g/mol. The normalized spacial score (nSPS) is 14.1. The molecule has 3 N–H and O–H groups in total. The maximum absolute atomic E-state index is 11.2. The lowest BCUT2D eigenvalue weighted by Crippen LogP contribution is -2.35. The number of ether oxygens (including phenoxy) is 1. The lowest BCUT2D eigenvalue weighted by atomic mass is 10.0. The summed E-state index contributed by atoms with van der Waals surface area (Å²) in [4.78, 5) is 11.2. The molecule has 5 heteroatoms. The number of carbonyl (C=O) groups is 1. The molecule has 102 valence electrons. The Morgan fingerprint density at radius 3 is 2.65 bits per heavy atom. The van der Waals surface area contributed by atoms with Gasteiger partial charge in [0.15, 0.2) is 0 Å². The molecule has 0 rings (SSSR count). The molecule has 0 spiro atoms. The largest absolute Gasteiger partial charge is 0.449 e. The fourth-order valence-electron chi connectivity index (χ4n) is 1.41. The zero-order valence-corrected chi connectivity index (χ0v) is 10.8. The maximum atomic E-state index is 11.2. The Kier molecular flexibility index (Phi) is 9.86. The summed E-state index contributed by atoms with van der Waals surface area (Å²) in [5, 5.41) is 20.0. The number of rotatable bonds is 9. The summed E-state index contributed by atoms with van der Waals surface area (Å²) in [5.41, 5.74) is 0. The molecule has 5 nitrogen and oxygen atoms in total. The quantitative estimate of drug-likeness (QED) is 0.573. The first-order valence-corrected chi connectivity index (χ1v) is 6.33. The Bertz CT molecular complexity index is 199. The predicted molar refractivity (Wildman–Crippen MR) is 65.7 cm³/mol. The van der Waals surface area contributed by atoms with Crippen molar-refractivity contribution in [2.45, 2.75) is 45.6 Å². The number of aliphatic hydroxyl groups is 2. The summed E-state index contributed by atoms with van der Waals surface area (Å²) in [6, 6.07) is 0. The number of carbonyl (C=O) groups excluding carboxylic acids is 1. The van der Waals surface area contributed by atoms with Crippen LogP contribution in [0.4, 0.5) is 4.79 Å². The van der Waals surface area contributed by atoms with Crippen LogP contribution < -0.4 is 5.32 Å². The number of hydrogen-bond acceptors (Lipinski definition) is 4. The highest BCUT2D eigenvalue weighted by Crippen LogP contribution is 2.12. The van der Waals surface area contributed by atoms with Gasteiger partial charge < -0.3 is 20.3 Å². The summed E-state index contributed by atoms with van der Waals surface area (Å²) in [6.07, 6.45) is 2.89. The molecule has 17 heavy (non-hydrogen) atoms. The number of aliphatic hydroxyl groups excluding tert-OH is 2. The SMILES string of the molecule is CCCCC(CC)COC(=O)NCC(O)CO. The van der Waals surface area contributed by atoms with E-state index in [1.165, 1.54) is 0 Å². The Morgan fingerprint density at radius 2 is 2.12 bits per heavy atom. The first kappa shape index (κ1) is 16.2. The van der Waals surface area contributed by atoms with Gasteiger partial charge in [-0.1, -0.05) is 33.1 Å². The smallest absolute Gasteiger partial charge is 0.407 e. The van der Waals surface area contributed by atoms with Gasteiger partial charge in [-0.05, 0) is 12.3 Å². The Labute approximate surface area is 103 Å². The molecule has 0 aromatic heterocycles. The molecule has 0 heterocycles. The van der Waals surface area contributed by atoms with Gasteiger partial charge in [0, 0.05) is 6.54 Å². The van der Waals surface area contributed by atoms with Crippen molar-refractivity contribution in [3.8, 4) is 0 Å². The second-order valence-corrected chi connectivity index (χ2v) is 4.23. The molecule has 0 radical (unpaired) electrons. The van der Waals surface area contributed by atoms with Crippen LogP contribution in [0.5, 0.6) is 0 Å². The van der Waals surface area contributed by atoms with Gasteiger partial charge in [0.25, 0.3) is 0 Å². The molecule has 0 bridgehead atoms. The number of nitrogens with one attached hydrogen (secondary N) is 1. The molecule has 1 amide bonds. The zero-order chi connectivity index (χ0) is 13.1. The molecule has 0 fully saturated rings. The zero-order valence-electron chi connectivity index (χ0n) is 10.8. The molecule has 0 saturated heterocycles. The van der Waals surface area contributed by atoms with Crippen molar-refractivity contribution < 1.29 is 19.7 Å². The van der Waals surface area contributed by atoms with Gasteiger partial charge in [-0.3, -0.25) is 0 Å². The van der Waals surface area contributed by atoms with E-state index in [0.717, 1.165) is 25.7 Å². The van der Waals surface area contributed by atoms with Crippen LogP contribution in [0.15, 0.2) is 0 Å². The molecule has 0 aliphatic carbocycles. The predicted octanol–water partition coefficient (Wildman–Crippen LogP) is 1.28. The first-order valence-electron chi connectivity index (χ1n) is 6.33. The van der Waals surface area contributed by atoms with Crippen molar-refractivity contribution in [1.82, 2.24) is 5.32 Å². The van der Waals surface area contributed by atoms with E-state index >= 15 is 0 Å². The Morgan fingerprint density at radius 1 is 1.41 bits per heavy atom. The van der Waals surface area contributed by atoms with E-state index in [4.69, 9.17) is 14.9 Å². The van der Waals surface area contributed by atoms with Crippen LogP contribution in [0.25, 0.3) is 0 Å². The average Bonchev–Trinajstić information content (AvgIpc) is 2.36. The minimum absolute atomic E-state index is 0.0150. The first-order chi connectivity index (χ1) is 8.13. The highest BCUT2D eigenvalue weighted by Gasteiger charge is 2.10. The number of alkyl carbamates (subject to hydrolysis) is 1. The van der Waals surface area contributed by atoms with Crippen molar-refractivity contribution in [2.24, 2.45) is 5.92 Å². The van der Waals surface area contributed by atoms with E-state index < -0.39 is 12.2 Å². The summed E-state index contributed by atoms with van der Waals surface area (Å²) in [5.74, 6) is 0.406. The van der Waals surface area contributed by atoms with E-state index in [2.05, 4.69) is 19.2 Å². The minimum atomic E-state index is -0.926. The van der Waals surface area contributed by atoms with Gasteiger partial charge in [0.1, 0.15) is 0 Å². The van der Waals surface area contributed by atoms with E-state index in [-0.39, 0.29) is 13.2 Å². The minimum Gasteiger partial charge on any atom is -0.449 e. The molecule has 0 aromatic carbocycles. The van der Waals surface area contributed by atoms with Gasteiger partial charge in [-0.15, -0.1) is 0 Å². The third-order valence-corrected chi connectivity index (χ3v) is 2.69. The summed E-state index contributed by atoms with van der Waals surface area (Å²) in [6.45, 7) is 4.28. The third-order valence-electron chi connectivity index (χ3n) is 2.69. The van der Waals surface area contributed by atoms with Crippen LogP contribution in [0.1, 0.15) is 39.5 Å². The van der Waals surface area contributed by atoms with Crippen LogP contribution >= 0.6 is 0 Å². The number of unbranched alkanes of at least 4 members (excludes halogenated alkanes) is 1. The van der Waals surface area contributed by atoms with Crippen molar-refractivity contribution in [3.63, 3.8) is 0 Å². The van der Waals surface area contributed by atoms with Gasteiger partial charge in [-0.2, -0.15) is 0 Å². The summed E-state index contributed by atoms with van der Waals surface area (Å²) in [7, 11) is 0. The van der Waals surface area contributed by atoms with Gasteiger partial charge in [-0.25, -0.2) is 4.79 Å². The molecule has 2 unspecified atom stereocenters. The topological polar surface area (TPSA) is 78.8 Å². The molecule has 0 aliphatic rings. The average molecular weight is 247 g/mol. The fraction of sp³-hybridized carbons (Fsp3) is 0.917. The second kappa shape index (κ2) is 10.4. The molecular weight excluding hydrogens is 222 g/mol. The highest BCUT2D eigenvalue weighted by atomic mass is 16.5. The fourth-order valence-corrected chi connectivity index (χ4v) is 1.41. The van der Waals surface area contributed by atoms with Crippen LogP contribution in [0.3, 0.4) is 0 Å². The maximum Gasteiger partial charge on any atom is 0.407 e. The van der Waals surface area contributed by atoms with Crippen molar-refractivity contribution in [3.05, 3.63) is 0 Å². The standard InChI is InChI=1S/C12H25NO4/c1-3-5-6-10(4-2)9-17-12(16)13-7-11(15)8-14/h10-11,14-15H,3-9H2,1-2H3,(H,13,16). The molecular formula is C12H25NO4. The van der Waals surface area contributed by atoms with Crippen LogP contribution in [-0.4, -0.2) is 42.2 Å². The van der Waals surface area contributed by atoms with E-state index in [1.807, 2.05) is 0 Å². The van der Waals surface area contributed by atoms with Crippen molar-refractivity contribution in [2.75, 3.05) is 19.8 Å². The van der Waals surface area contributed by atoms with E-state index in [1.54, 1.807) is 0 Å². The number of hydrogen-bond donors (Lipinski definition) is 3.